The third-order valence-electron chi connectivity index (χ3n) is 0.333. The molecule has 0 radical (unpaired) electrons. The Hall–Kier alpha value is -0.340. The Balaban J connectivity index is 0.000000112. The van der Waals surface area contributed by atoms with Crippen LogP contribution < -0.4 is 0 Å². The Labute approximate surface area is 37.3 Å². The molecule has 0 saturated carbocycles. The third kappa shape index (κ3) is 1.93. The van der Waals surface area contributed by atoms with Gasteiger partial charge in [0.25, 0.3) is 0 Å². The normalized spacial score (nSPS) is 16.7. The summed E-state index contributed by atoms with van der Waals surface area (Å²) in [6.45, 7) is 7.56. The average Bonchev–Trinajstić information content (AvgIpc) is 1.36. The summed E-state index contributed by atoms with van der Waals surface area (Å²) in [4.78, 5) is 8.44. The molecular weight excluding hydrogens is 80.0 g/mol. The molecule has 1 rings (SSSR count). The van der Waals surface area contributed by atoms with E-state index in [0.29, 0.717) is 0 Å². The number of rotatable bonds is 0. The van der Waals surface area contributed by atoms with Crippen LogP contribution in [0.15, 0.2) is 13.2 Å². The van der Waals surface area contributed by atoms with Crippen LogP contribution in [0.1, 0.15) is 0 Å². The Morgan fingerprint density at radius 2 is 1.17 bits per heavy atom. The molecule has 0 unspecified atom stereocenters. The Morgan fingerprint density at radius 3 is 1.17 bits per heavy atom. The smallest absolute Gasteiger partial charge is 0.109 e. The maximum Gasteiger partial charge on any atom is 0.109 e. The first kappa shape index (κ1) is 5.66. The SMILES string of the molecule is C1COO1.C=C. The molecule has 2 nitrogen and oxygen atoms in total. The maximum absolute atomic E-state index is 4.22. The molecule has 1 aliphatic rings. The first-order valence-corrected chi connectivity index (χ1v) is 1.74. The summed E-state index contributed by atoms with van der Waals surface area (Å²) in [6.07, 6.45) is 0. The van der Waals surface area contributed by atoms with E-state index in [1.165, 1.54) is 0 Å². The molecule has 1 heterocycles. The summed E-state index contributed by atoms with van der Waals surface area (Å²) in [5, 5.41) is 0. The van der Waals surface area contributed by atoms with Crippen molar-refractivity contribution in [2.24, 2.45) is 0 Å². The molecule has 0 N–H and O–H groups in total. The second kappa shape index (κ2) is 4.66. The third-order valence-corrected chi connectivity index (χ3v) is 0.333. The second-order valence-electron chi connectivity index (χ2n) is 0.644. The van der Waals surface area contributed by atoms with Crippen LogP contribution in [0.25, 0.3) is 0 Å². The molecule has 1 fully saturated rings. The molecule has 0 aromatic carbocycles. The molecular formula is C4H8O2. The highest BCUT2D eigenvalue weighted by Gasteiger charge is 1.95. The van der Waals surface area contributed by atoms with Crippen LogP contribution in [0.2, 0.25) is 0 Å². The number of hydrogen-bond acceptors (Lipinski definition) is 2. The summed E-state index contributed by atoms with van der Waals surface area (Å²) in [5.74, 6) is 0. The van der Waals surface area contributed by atoms with Crippen molar-refractivity contribution >= 4 is 0 Å². The minimum absolute atomic E-state index is 0.778. The van der Waals surface area contributed by atoms with Gasteiger partial charge in [-0.05, 0) is 0 Å². The van der Waals surface area contributed by atoms with Crippen LogP contribution in [-0.4, -0.2) is 13.2 Å². The zero-order chi connectivity index (χ0) is 4.83. The van der Waals surface area contributed by atoms with Gasteiger partial charge in [-0.3, -0.25) is 0 Å². The van der Waals surface area contributed by atoms with Crippen molar-refractivity contribution in [2.75, 3.05) is 13.2 Å². The van der Waals surface area contributed by atoms with E-state index < -0.39 is 0 Å². The van der Waals surface area contributed by atoms with E-state index >= 15 is 0 Å². The molecule has 6 heavy (non-hydrogen) atoms. The van der Waals surface area contributed by atoms with E-state index in [4.69, 9.17) is 0 Å². The largest absolute Gasteiger partial charge is 0.234 e. The topological polar surface area (TPSA) is 18.5 Å². The molecule has 0 aromatic heterocycles. The van der Waals surface area contributed by atoms with Crippen LogP contribution >= 0.6 is 0 Å². The molecule has 0 atom stereocenters. The molecule has 0 aliphatic carbocycles. The molecule has 2 heteroatoms. The van der Waals surface area contributed by atoms with Crippen LogP contribution in [0, 0.1) is 0 Å². The van der Waals surface area contributed by atoms with Crippen LogP contribution in [0.3, 0.4) is 0 Å². The Bertz CT molecular complexity index is 20.7. The van der Waals surface area contributed by atoms with Crippen LogP contribution in [-0.2, 0) is 9.78 Å². The van der Waals surface area contributed by atoms with Gasteiger partial charge in [0.1, 0.15) is 13.2 Å². The fourth-order valence-corrected chi connectivity index (χ4v) is 0.0833. The number of hydrogen-bond donors (Lipinski definition) is 0. The lowest BCUT2D eigenvalue weighted by Gasteiger charge is -2.08. The quantitative estimate of drug-likeness (QED) is 0.321. The summed E-state index contributed by atoms with van der Waals surface area (Å²) < 4.78 is 0. The van der Waals surface area contributed by atoms with E-state index in [1.54, 1.807) is 0 Å². The second-order valence-corrected chi connectivity index (χ2v) is 0.644. The first-order valence-electron chi connectivity index (χ1n) is 1.74. The molecule has 0 aromatic rings. The highest BCUT2D eigenvalue weighted by molar-refractivity contribution is 4.22. The van der Waals surface area contributed by atoms with Crippen molar-refractivity contribution in [2.45, 2.75) is 0 Å². The van der Waals surface area contributed by atoms with Crippen molar-refractivity contribution < 1.29 is 9.78 Å². The Morgan fingerprint density at radius 1 is 1.00 bits per heavy atom. The van der Waals surface area contributed by atoms with Crippen molar-refractivity contribution in [3.05, 3.63) is 13.2 Å². The van der Waals surface area contributed by atoms with Gasteiger partial charge in [-0.2, -0.15) is 0 Å². The predicted molar refractivity (Wildman–Crippen MR) is 23.2 cm³/mol. The van der Waals surface area contributed by atoms with E-state index in [0.717, 1.165) is 13.2 Å². The summed E-state index contributed by atoms with van der Waals surface area (Å²) in [6, 6.07) is 0. The monoisotopic (exact) mass is 88.1 g/mol. The van der Waals surface area contributed by atoms with Crippen LogP contribution in [0.4, 0.5) is 0 Å². The van der Waals surface area contributed by atoms with Gasteiger partial charge in [0.05, 0.1) is 0 Å². The van der Waals surface area contributed by atoms with Crippen molar-refractivity contribution in [3.63, 3.8) is 0 Å². The van der Waals surface area contributed by atoms with Gasteiger partial charge in [0.15, 0.2) is 0 Å². The molecule has 36 valence electrons. The average molecular weight is 88.1 g/mol. The molecule has 1 saturated heterocycles. The Kier molecular flexibility index (Phi) is 4.40. The van der Waals surface area contributed by atoms with E-state index in [2.05, 4.69) is 22.9 Å². The lowest BCUT2D eigenvalue weighted by molar-refractivity contribution is -0.382. The van der Waals surface area contributed by atoms with E-state index in [9.17, 15) is 0 Å². The van der Waals surface area contributed by atoms with Gasteiger partial charge in [0.2, 0.25) is 0 Å². The van der Waals surface area contributed by atoms with Gasteiger partial charge < -0.3 is 0 Å². The standard InChI is InChI=1S/C2H4O2.C2H4/c1-2-4-3-1;1-2/h1-2H2;1-2H2. The zero-order valence-electron chi connectivity index (χ0n) is 3.64. The minimum Gasteiger partial charge on any atom is -0.234 e. The molecule has 0 spiro atoms. The van der Waals surface area contributed by atoms with Gasteiger partial charge in [-0.25, -0.2) is 9.78 Å². The fraction of sp³-hybridized carbons (Fsp3) is 0.500. The highest BCUT2D eigenvalue weighted by atomic mass is 17.2. The van der Waals surface area contributed by atoms with Crippen molar-refractivity contribution in [1.29, 1.82) is 0 Å². The maximum atomic E-state index is 4.22. The molecule has 0 bridgehead atoms. The summed E-state index contributed by atoms with van der Waals surface area (Å²) in [5.41, 5.74) is 0. The highest BCUT2D eigenvalue weighted by Crippen LogP contribution is 1.87. The van der Waals surface area contributed by atoms with Gasteiger partial charge in [0, 0.05) is 0 Å². The molecule has 0 amide bonds. The van der Waals surface area contributed by atoms with E-state index in [1.807, 2.05) is 0 Å². The van der Waals surface area contributed by atoms with Crippen molar-refractivity contribution in [3.8, 4) is 0 Å². The van der Waals surface area contributed by atoms with Crippen molar-refractivity contribution in [1.82, 2.24) is 0 Å². The minimum atomic E-state index is 0.778. The summed E-state index contributed by atoms with van der Waals surface area (Å²) >= 11 is 0. The first-order chi connectivity index (χ1) is 3.00. The zero-order valence-corrected chi connectivity index (χ0v) is 3.64. The molecule has 1 aliphatic heterocycles. The fourth-order valence-electron chi connectivity index (χ4n) is 0.0833. The predicted octanol–water partition coefficient (Wildman–Crippen LogP) is 0.750. The lowest BCUT2D eigenvalue weighted by Crippen LogP contribution is -2.14. The van der Waals surface area contributed by atoms with Crippen LogP contribution in [0.5, 0.6) is 0 Å². The van der Waals surface area contributed by atoms with E-state index in [-0.39, 0.29) is 0 Å². The lowest BCUT2D eigenvalue weighted by atomic mass is 10.8. The van der Waals surface area contributed by atoms with Gasteiger partial charge in [-0.1, -0.05) is 0 Å². The summed E-state index contributed by atoms with van der Waals surface area (Å²) in [7, 11) is 0. The van der Waals surface area contributed by atoms with Gasteiger partial charge >= 0.3 is 0 Å². The van der Waals surface area contributed by atoms with Gasteiger partial charge in [-0.15, -0.1) is 13.2 Å².